The van der Waals surface area contributed by atoms with E-state index in [1.54, 1.807) is 6.92 Å². The summed E-state index contributed by atoms with van der Waals surface area (Å²) in [6.07, 6.45) is 1.99. The first-order valence-electron chi connectivity index (χ1n) is 6.05. The highest BCUT2D eigenvalue weighted by Crippen LogP contribution is 2.47. The van der Waals surface area contributed by atoms with Gasteiger partial charge >= 0.3 is 0 Å². The molecule has 6 nitrogen and oxygen atoms in total. The molecule has 0 aromatic heterocycles. The van der Waals surface area contributed by atoms with Crippen molar-refractivity contribution in [3.05, 3.63) is 10.3 Å². The monoisotopic (exact) mass is 326 g/mol. The van der Waals surface area contributed by atoms with Crippen molar-refractivity contribution in [2.45, 2.75) is 36.1 Å². The summed E-state index contributed by atoms with van der Waals surface area (Å²) in [5.41, 5.74) is 0. The standard InChI is InChI=1S/C10H18N2O4S3/c1-3-12-8-4-6(2)18(13,14)10-7(8)5-9(17-10)19(11,15)16/h5-8,10,12H,3-4H2,1-2H3,(H2,11,15,16)/t6-,7-,8-,10+/m0/s1. The number of fused-ring (bicyclic) bond motifs is 1. The zero-order chi connectivity index (χ0) is 14.4. The van der Waals surface area contributed by atoms with Gasteiger partial charge in [0, 0.05) is 12.0 Å². The number of nitrogens with two attached hydrogens (primary N) is 1. The largest absolute Gasteiger partial charge is 0.314 e. The summed E-state index contributed by atoms with van der Waals surface area (Å²) in [7, 11) is -7.17. The number of thioether (sulfide) groups is 1. The van der Waals surface area contributed by atoms with Crippen molar-refractivity contribution in [2.75, 3.05) is 6.54 Å². The topological polar surface area (TPSA) is 106 Å². The van der Waals surface area contributed by atoms with Crippen molar-refractivity contribution in [2.24, 2.45) is 11.1 Å². The van der Waals surface area contributed by atoms with E-state index in [1.807, 2.05) is 6.92 Å². The first-order valence-corrected chi connectivity index (χ1v) is 10.1. The predicted octanol–water partition coefficient (Wildman–Crippen LogP) is -0.00950. The van der Waals surface area contributed by atoms with Crippen LogP contribution in [-0.4, -0.2) is 39.3 Å². The second kappa shape index (κ2) is 5.03. The molecule has 1 fully saturated rings. The lowest BCUT2D eigenvalue weighted by molar-refractivity contribution is 0.380. The maximum atomic E-state index is 12.3. The summed E-state index contributed by atoms with van der Waals surface area (Å²) in [6, 6.07) is -0.0275. The van der Waals surface area contributed by atoms with Gasteiger partial charge in [0.2, 0.25) is 10.0 Å². The molecular formula is C10H18N2O4S3. The Balaban J connectivity index is 2.40. The zero-order valence-corrected chi connectivity index (χ0v) is 13.2. The fourth-order valence-corrected chi connectivity index (χ4v) is 7.90. The normalized spacial score (nSPS) is 37.7. The Bertz CT molecular complexity index is 596. The van der Waals surface area contributed by atoms with Crippen LogP contribution in [-0.2, 0) is 19.9 Å². The van der Waals surface area contributed by atoms with Crippen LogP contribution < -0.4 is 10.5 Å². The zero-order valence-electron chi connectivity index (χ0n) is 10.7. The first-order chi connectivity index (χ1) is 8.67. The molecule has 0 aliphatic carbocycles. The average molecular weight is 326 g/mol. The molecule has 0 spiro atoms. The van der Waals surface area contributed by atoms with E-state index >= 15 is 0 Å². The molecule has 2 aliphatic heterocycles. The van der Waals surface area contributed by atoms with Gasteiger partial charge in [0.25, 0.3) is 0 Å². The third-order valence-electron chi connectivity index (χ3n) is 3.56. The van der Waals surface area contributed by atoms with Gasteiger partial charge in [-0.2, -0.15) is 0 Å². The van der Waals surface area contributed by atoms with Gasteiger partial charge < -0.3 is 5.32 Å². The predicted molar refractivity (Wildman–Crippen MR) is 76.5 cm³/mol. The van der Waals surface area contributed by atoms with E-state index in [-0.39, 0.29) is 16.2 Å². The third kappa shape index (κ3) is 2.71. The molecule has 19 heavy (non-hydrogen) atoms. The molecular weight excluding hydrogens is 308 g/mol. The highest BCUT2D eigenvalue weighted by atomic mass is 32.3. The molecule has 0 saturated carbocycles. The number of sulfone groups is 1. The van der Waals surface area contributed by atoms with Crippen LogP contribution in [0.15, 0.2) is 10.3 Å². The Morgan fingerprint density at radius 2 is 2.16 bits per heavy atom. The lowest BCUT2D eigenvalue weighted by Crippen LogP contribution is -2.50. The fourth-order valence-electron chi connectivity index (χ4n) is 2.58. The third-order valence-corrected chi connectivity index (χ3v) is 9.52. The SMILES string of the molecule is CCN[C@H]1C[C@H](C)S(=O)(=O)[C@H]2SC(S(N)(=O)=O)=C[C@@H]12. The van der Waals surface area contributed by atoms with Gasteiger partial charge in [-0.05, 0) is 19.9 Å². The molecule has 110 valence electrons. The molecule has 4 atom stereocenters. The number of sulfonamides is 1. The van der Waals surface area contributed by atoms with Crippen LogP contribution in [0.25, 0.3) is 0 Å². The maximum absolute atomic E-state index is 12.3. The molecule has 0 amide bonds. The second-order valence-corrected chi connectivity index (χ2v) is 10.7. The van der Waals surface area contributed by atoms with E-state index in [2.05, 4.69) is 5.32 Å². The fraction of sp³-hybridized carbons (Fsp3) is 0.800. The molecule has 9 heteroatoms. The number of rotatable bonds is 3. The maximum Gasteiger partial charge on any atom is 0.243 e. The summed E-state index contributed by atoms with van der Waals surface area (Å²) < 4.78 is 46.6. The summed E-state index contributed by atoms with van der Waals surface area (Å²) in [5.74, 6) is -0.334. The molecule has 0 aromatic rings. The van der Waals surface area contributed by atoms with Crippen LogP contribution in [0.4, 0.5) is 0 Å². The quantitative estimate of drug-likeness (QED) is 0.755. The van der Waals surface area contributed by atoms with Crippen molar-refractivity contribution in [1.29, 1.82) is 0 Å². The smallest absolute Gasteiger partial charge is 0.243 e. The summed E-state index contributed by atoms with van der Waals surface area (Å²) in [5, 5.41) is 7.87. The summed E-state index contributed by atoms with van der Waals surface area (Å²) in [4.78, 5) is 0. The van der Waals surface area contributed by atoms with Crippen molar-refractivity contribution >= 4 is 31.6 Å². The summed E-state index contributed by atoms with van der Waals surface area (Å²) in [6.45, 7) is 4.32. The van der Waals surface area contributed by atoms with E-state index in [1.165, 1.54) is 6.08 Å². The molecule has 3 N–H and O–H groups in total. The Morgan fingerprint density at radius 1 is 1.53 bits per heavy atom. The van der Waals surface area contributed by atoms with Crippen molar-refractivity contribution in [3.63, 3.8) is 0 Å². The molecule has 1 saturated heterocycles. The van der Waals surface area contributed by atoms with Crippen LogP contribution in [0.3, 0.4) is 0 Å². The van der Waals surface area contributed by atoms with Crippen LogP contribution in [0, 0.1) is 5.92 Å². The van der Waals surface area contributed by atoms with Gasteiger partial charge in [-0.1, -0.05) is 24.8 Å². The number of primary sulfonamides is 1. The van der Waals surface area contributed by atoms with E-state index in [9.17, 15) is 16.8 Å². The van der Waals surface area contributed by atoms with Crippen LogP contribution in [0.2, 0.25) is 0 Å². The molecule has 0 radical (unpaired) electrons. The molecule has 0 bridgehead atoms. The van der Waals surface area contributed by atoms with E-state index in [0.717, 1.165) is 11.8 Å². The minimum absolute atomic E-state index is 0.0249. The molecule has 0 aromatic carbocycles. The van der Waals surface area contributed by atoms with Gasteiger partial charge in [-0.15, -0.1) is 0 Å². The van der Waals surface area contributed by atoms with Crippen LogP contribution in [0.1, 0.15) is 20.3 Å². The lowest BCUT2D eigenvalue weighted by atomic mass is 9.96. The van der Waals surface area contributed by atoms with Gasteiger partial charge in [0.05, 0.1) is 5.25 Å². The number of hydrogen-bond donors (Lipinski definition) is 2. The van der Waals surface area contributed by atoms with E-state index in [4.69, 9.17) is 5.14 Å². The minimum Gasteiger partial charge on any atom is -0.314 e. The van der Waals surface area contributed by atoms with Gasteiger partial charge in [-0.25, -0.2) is 22.0 Å². The summed E-state index contributed by atoms with van der Waals surface area (Å²) >= 11 is 0.862. The van der Waals surface area contributed by atoms with Crippen molar-refractivity contribution in [3.8, 4) is 0 Å². The Kier molecular flexibility index (Phi) is 4.05. The molecule has 2 aliphatic rings. The van der Waals surface area contributed by atoms with Crippen molar-refractivity contribution in [1.82, 2.24) is 5.32 Å². The first kappa shape index (κ1) is 15.3. The molecule has 2 heterocycles. The Hall–Kier alpha value is -0.0900. The van der Waals surface area contributed by atoms with Crippen LogP contribution in [0.5, 0.6) is 0 Å². The van der Waals surface area contributed by atoms with E-state index < -0.39 is 29.7 Å². The molecule has 0 unspecified atom stereocenters. The van der Waals surface area contributed by atoms with Gasteiger partial charge in [0.1, 0.15) is 8.82 Å². The average Bonchev–Trinajstić information content (AvgIpc) is 2.72. The minimum atomic E-state index is -3.83. The van der Waals surface area contributed by atoms with Gasteiger partial charge in [0.15, 0.2) is 9.84 Å². The van der Waals surface area contributed by atoms with Crippen molar-refractivity contribution < 1.29 is 16.8 Å². The highest BCUT2D eigenvalue weighted by molar-refractivity contribution is 8.24. The Labute approximate surface area is 118 Å². The lowest BCUT2D eigenvalue weighted by Gasteiger charge is -2.36. The van der Waals surface area contributed by atoms with Crippen LogP contribution >= 0.6 is 11.8 Å². The Morgan fingerprint density at radius 3 is 2.68 bits per heavy atom. The second-order valence-electron chi connectivity index (χ2n) is 4.89. The van der Waals surface area contributed by atoms with E-state index in [0.29, 0.717) is 13.0 Å². The highest BCUT2D eigenvalue weighted by Gasteiger charge is 2.50. The molecule has 2 rings (SSSR count). The van der Waals surface area contributed by atoms with Gasteiger partial charge in [-0.3, -0.25) is 0 Å². The number of hydrogen-bond acceptors (Lipinski definition) is 6. The number of nitrogens with one attached hydrogen (secondary N) is 1.